The minimum absolute atomic E-state index is 0.0579. The highest BCUT2D eigenvalue weighted by molar-refractivity contribution is 6.31. The molecule has 1 aromatic heterocycles. The molecule has 7 nitrogen and oxygen atoms in total. The molecule has 0 unspecified atom stereocenters. The SMILES string of the molecule is NC(=O)C1CCN([C@H](c2ccccc2Cl)c2nnnn2C2CCCCC2)CC1. The molecule has 0 bridgehead atoms. The number of piperidine rings is 1. The molecule has 2 aromatic rings. The summed E-state index contributed by atoms with van der Waals surface area (Å²) in [7, 11) is 0. The topological polar surface area (TPSA) is 89.9 Å². The van der Waals surface area contributed by atoms with E-state index in [1.54, 1.807) is 0 Å². The third-order valence-electron chi connectivity index (χ3n) is 6.18. The molecule has 8 heteroatoms. The van der Waals surface area contributed by atoms with Crippen LogP contribution in [0.15, 0.2) is 24.3 Å². The highest BCUT2D eigenvalue weighted by atomic mass is 35.5. The zero-order valence-corrected chi connectivity index (χ0v) is 16.8. The van der Waals surface area contributed by atoms with Crippen LogP contribution < -0.4 is 5.73 Å². The van der Waals surface area contributed by atoms with Gasteiger partial charge in [0.1, 0.15) is 0 Å². The maximum atomic E-state index is 11.6. The van der Waals surface area contributed by atoms with Crippen LogP contribution in [0, 0.1) is 5.92 Å². The maximum absolute atomic E-state index is 11.6. The molecule has 28 heavy (non-hydrogen) atoms. The van der Waals surface area contributed by atoms with Crippen molar-refractivity contribution in [3.05, 3.63) is 40.7 Å². The monoisotopic (exact) mass is 402 g/mol. The standard InChI is InChI=1S/C20H27ClN6O/c21-17-9-5-4-8-16(17)18(26-12-10-14(11-13-26)19(22)28)20-23-24-25-27(20)15-6-2-1-3-7-15/h4-5,8-9,14-15,18H,1-3,6-7,10-13H2,(H2,22,28)/t18-/m1/s1. The largest absolute Gasteiger partial charge is 0.369 e. The Morgan fingerprint density at radius 2 is 1.82 bits per heavy atom. The number of rotatable bonds is 5. The molecule has 2 aliphatic rings. The molecule has 0 spiro atoms. The van der Waals surface area contributed by atoms with E-state index in [0.29, 0.717) is 11.1 Å². The Kier molecular flexibility index (Phi) is 5.92. The van der Waals surface area contributed by atoms with Gasteiger partial charge in [0.05, 0.1) is 12.1 Å². The predicted octanol–water partition coefficient (Wildman–Crippen LogP) is 3.12. The number of amides is 1. The number of benzene rings is 1. The first-order valence-electron chi connectivity index (χ1n) is 10.2. The number of halogens is 1. The number of primary amides is 1. The van der Waals surface area contributed by atoms with Crippen molar-refractivity contribution in [3.63, 3.8) is 0 Å². The smallest absolute Gasteiger partial charge is 0.220 e. The lowest BCUT2D eigenvalue weighted by Crippen LogP contribution is -2.42. The fourth-order valence-electron chi connectivity index (χ4n) is 4.60. The van der Waals surface area contributed by atoms with Gasteiger partial charge in [0.2, 0.25) is 5.91 Å². The van der Waals surface area contributed by atoms with Crippen molar-refractivity contribution in [1.82, 2.24) is 25.1 Å². The van der Waals surface area contributed by atoms with E-state index in [4.69, 9.17) is 17.3 Å². The van der Waals surface area contributed by atoms with Gasteiger partial charge in [-0.15, -0.1) is 5.10 Å². The molecule has 2 fully saturated rings. The highest BCUT2D eigenvalue weighted by Gasteiger charge is 2.34. The third-order valence-corrected chi connectivity index (χ3v) is 6.52. The van der Waals surface area contributed by atoms with Gasteiger partial charge < -0.3 is 5.73 Å². The van der Waals surface area contributed by atoms with Crippen molar-refractivity contribution in [3.8, 4) is 0 Å². The number of carbonyl (C=O) groups is 1. The Labute approximate surface area is 170 Å². The minimum atomic E-state index is -0.207. The maximum Gasteiger partial charge on any atom is 0.220 e. The molecular weight excluding hydrogens is 376 g/mol. The lowest BCUT2D eigenvalue weighted by molar-refractivity contribution is -0.123. The van der Waals surface area contributed by atoms with E-state index in [9.17, 15) is 4.79 Å². The number of hydrogen-bond acceptors (Lipinski definition) is 5. The molecule has 4 rings (SSSR count). The van der Waals surface area contributed by atoms with E-state index >= 15 is 0 Å². The van der Waals surface area contributed by atoms with Crippen molar-refractivity contribution in [1.29, 1.82) is 0 Å². The van der Waals surface area contributed by atoms with Crippen molar-refractivity contribution in [2.45, 2.75) is 57.0 Å². The van der Waals surface area contributed by atoms with E-state index in [1.165, 1.54) is 19.3 Å². The first-order chi connectivity index (χ1) is 13.6. The number of carbonyl (C=O) groups excluding carboxylic acids is 1. The number of nitrogens with two attached hydrogens (primary N) is 1. The van der Waals surface area contributed by atoms with Crippen LogP contribution in [-0.4, -0.2) is 44.1 Å². The van der Waals surface area contributed by atoms with Crippen LogP contribution >= 0.6 is 11.6 Å². The van der Waals surface area contributed by atoms with Crippen LogP contribution in [0.1, 0.15) is 68.4 Å². The molecule has 0 radical (unpaired) electrons. The second-order valence-corrected chi connectivity index (χ2v) is 8.32. The quantitative estimate of drug-likeness (QED) is 0.829. The molecule has 1 amide bonds. The Balaban J connectivity index is 1.68. The van der Waals surface area contributed by atoms with Crippen molar-refractivity contribution >= 4 is 17.5 Å². The fraction of sp³-hybridized carbons (Fsp3) is 0.600. The molecule has 1 atom stereocenters. The first kappa shape index (κ1) is 19.3. The first-order valence-corrected chi connectivity index (χ1v) is 10.6. The lowest BCUT2D eigenvalue weighted by Gasteiger charge is -2.37. The Bertz CT molecular complexity index is 811. The van der Waals surface area contributed by atoms with Gasteiger partial charge in [-0.25, -0.2) is 4.68 Å². The Morgan fingerprint density at radius 3 is 2.50 bits per heavy atom. The summed E-state index contributed by atoms with van der Waals surface area (Å²) in [5, 5.41) is 13.6. The van der Waals surface area contributed by atoms with E-state index in [2.05, 4.69) is 20.4 Å². The number of nitrogens with zero attached hydrogens (tertiary/aromatic N) is 5. The Hall–Kier alpha value is -1.99. The van der Waals surface area contributed by atoms with Crippen LogP contribution in [0.2, 0.25) is 5.02 Å². The predicted molar refractivity (Wildman–Crippen MR) is 107 cm³/mol. The van der Waals surface area contributed by atoms with Gasteiger partial charge in [0, 0.05) is 10.9 Å². The van der Waals surface area contributed by atoms with E-state index in [0.717, 1.165) is 50.2 Å². The van der Waals surface area contributed by atoms with Crippen molar-refractivity contribution in [2.24, 2.45) is 11.7 Å². The summed E-state index contributed by atoms with van der Waals surface area (Å²) < 4.78 is 2.02. The second-order valence-electron chi connectivity index (χ2n) is 7.91. The van der Waals surface area contributed by atoms with E-state index in [-0.39, 0.29) is 17.9 Å². The van der Waals surface area contributed by atoms with E-state index < -0.39 is 0 Å². The number of tetrazole rings is 1. The van der Waals surface area contributed by atoms with E-state index in [1.807, 2.05) is 28.9 Å². The average Bonchev–Trinajstić information content (AvgIpc) is 3.20. The van der Waals surface area contributed by atoms with Crippen LogP contribution in [0.4, 0.5) is 0 Å². The van der Waals surface area contributed by atoms with Gasteiger partial charge in [0.25, 0.3) is 0 Å². The molecule has 1 aromatic carbocycles. The molecule has 150 valence electrons. The summed E-state index contributed by atoms with van der Waals surface area (Å²) in [4.78, 5) is 13.9. The van der Waals surface area contributed by atoms with Gasteiger partial charge in [0.15, 0.2) is 5.82 Å². The molecule has 1 aliphatic heterocycles. The third kappa shape index (κ3) is 3.91. The summed E-state index contributed by atoms with van der Waals surface area (Å²) in [6.45, 7) is 1.53. The van der Waals surface area contributed by atoms with Crippen LogP contribution in [0.3, 0.4) is 0 Å². The highest BCUT2D eigenvalue weighted by Crippen LogP contribution is 2.37. The molecule has 1 saturated carbocycles. The van der Waals surface area contributed by atoms with Gasteiger partial charge in [-0.1, -0.05) is 49.1 Å². The lowest BCUT2D eigenvalue weighted by atomic mass is 9.92. The Morgan fingerprint density at radius 1 is 1.11 bits per heavy atom. The zero-order valence-electron chi connectivity index (χ0n) is 16.0. The number of aromatic nitrogens is 4. The summed E-state index contributed by atoms with van der Waals surface area (Å²) in [6.07, 6.45) is 7.43. The van der Waals surface area contributed by atoms with Crippen LogP contribution in [-0.2, 0) is 4.79 Å². The fourth-order valence-corrected chi connectivity index (χ4v) is 4.84. The zero-order chi connectivity index (χ0) is 19.5. The second kappa shape index (κ2) is 8.57. The molecule has 1 saturated heterocycles. The summed E-state index contributed by atoms with van der Waals surface area (Å²) in [5.74, 6) is 0.580. The number of hydrogen-bond donors (Lipinski definition) is 1. The summed E-state index contributed by atoms with van der Waals surface area (Å²) >= 11 is 6.59. The van der Waals surface area contributed by atoms with Gasteiger partial charge in [-0.05, 0) is 60.8 Å². The van der Waals surface area contributed by atoms with Crippen molar-refractivity contribution < 1.29 is 4.79 Å². The average molecular weight is 403 g/mol. The summed E-state index contributed by atoms with van der Waals surface area (Å²) in [6, 6.07) is 8.11. The minimum Gasteiger partial charge on any atom is -0.369 e. The van der Waals surface area contributed by atoms with Crippen LogP contribution in [0.5, 0.6) is 0 Å². The van der Waals surface area contributed by atoms with Gasteiger partial charge in [-0.2, -0.15) is 0 Å². The number of likely N-dealkylation sites (tertiary alicyclic amines) is 1. The molecule has 2 heterocycles. The molecule has 1 aliphatic carbocycles. The molecular formula is C20H27ClN6O. The van der Waals surface area contributed by atoms with Gasteiger partial charge >= 0.3 is 0 Å². The molecule has 2 N–H and O–H groups in total. The normalized spacial score (nSPS) is 20.9. The summed E-state index contributed by atoms with van der Waals surface area (Å²) in [5.41, 5.74) is 6.53. The van der Waals surface area contributed by atoms with Crippen molar-refractivity contribution in [2.75, 3.05) is 13.1 Å². The van der Waals surface area contributed by atoms with Gasteiger partial charge in [-0.3, -0.25) is 9.69 Å². The van der Waals surface area contributed by atoms with Crippen LogP contribution in [0.25, 0.3) is 0 Å².